The lowest BCUT2D eigenvalue weighted by molar-refractivity contribution is -0.116. The van der Waals surface area contributed by atoms with Crippen molar-refractivity contribution >= 4 is 45.8 Å². The molecule has 0 aliphatic carbocycles. The fraction of sp³-hybridized carbons (Fsp3) is 0.148. The maximum Gasteiger partial charge on any atom is 0.224 e. The molecule has 0 bridgehead atoms. The molecule has 36 heavy (non-hydrogen) atoms. The van der Waals surface area contributed by atoms with Crippen molar-refractivity contribution in [3.63, 3.8) is 0 Å². The van der Waals surface area contributed by atoms with Crippen LogP contribution in [0.15, 0.2) is 64.7 Å². The number of hydrogen-bond acceptors (Lipinski definition) is 6. The average Bonchev–Trinajstić information content (AvgIpc) is 3.62. The van der Waals surface area contributed by atoms with Crippen LogP contribution in [-0.4, -0.2) is 37.3 Å². The smallest absolute Gasteiger partial charge is 0.224 e. The molecule has 3 N–H and O–H groups in total. The monoisotopic (exact) mass is 493 g/mol. The van der Waals surface area contributed by atoms with Crippen molar-refractivity contribution in [1.29, 1.82) is 0 Å². The van der Waals surface area contributed by atoms with E-state index >= 15 is 0 Å². The summed E-state index contributed by atoms with van der Waals surface area (Å²) >= 11 is 1.68. The highest BCUT2D eigenvalue weighted by atomic mass is 32.1. The Labute approximate surface area is 211 Å². The number of pyridine rings is 2. The number of rotatable bonds is 6. The lowest BCUT2D eigenvalue weighted by Gasteiger charge is -2.07. The maximum absolute atomic E-state index is 12.0. The number of anilines is 1. The Bertz CT molecular complexity index is 1630. The number of H-pyrrole nitrogens is 2. The van der Waals surface area contributed by atoms with E-state index in [9.17, 15) is 4.79 Å². The fourth-order valence-electron chi connectivity index (χ4n) is 4.41. The molecule has 0 radical (unpaired) electrons. The molecule has 0 saturated carbocycles. The van der Waals surface area contributed by atoms with E-state index in [1.165, 1.54) is 5.56 Å². The van der Waals surface area contributed by atoms with E-state index < -0.39 is 0 Å². The molecular weight excluding hydrogens is 470 g/mol. The Morgan fingerprint density at radius 3 is 2.92 bits per heavy atom. The number of carbonyl (C=O) groups excluding carboxylic acids is 1. The van der Waals surface area contributed by atoms with Gasteiger partial charge in [-0.05, 0) is 58.7 Å². The van der Waals surface area contributed by atoms with E-state index in [4.69, 9.17) is 0 Å². The Kier molecular flexibility index (Phi) is 5.74. The highest BCUT2D eigenvalue weighted by Crippen LogP contribution is 2.35. The van der Waals surface area contributed by atoms with Gasteiger partial charge >= 0.3 is 0 Å². The number of nitrogens with one attached hydrogen (secondary N) is 3. The quantitative estimate of drug-likeness (QED) is 0.276. The van der Waals surface area contributed by atoms with Gasteiger partial charge < -0.3 is 10.3 Å². The van der Waals surface area contributed by atoms with Gasteiger partial charge in [0.1, 0.15) is 0 Å². The molecular formula is C27H23N7OS. The Morgan fingerprint density at radius 2 is 2.06 bits per heavy atom. The number of hydrogen-bond donors (Lipinski definition) is 3. The van der Waals surface area contributed by atoms with Crippen molar-refractivity contribution in [1.82, 2.24) is 25.1 Å². The molecule has 5 aromatic heterocycles. The predicted octanol–water partition coefficient (Wildman–Crippen LogP) is 5.83. The Morgan fingerprint density at radius 1 is 1.14 bits per heavy atom. The molecule has 6 rings (SSSR count). The Balaban J connectivity index is 1.38. The van der Waals surface area contributed by atoms with E-state index in [1.54, 1.807) is 29.9 Å². The molecule has 1 aliphatic heterocycles. The first kappa shape index (κ1) is 22.1. The zero-order chi connectivity index (χ0) is 24.5. The molecule has 0 unspecified atom stereocenters. The molecule has 0 saturated heterocycles. The molecule has 178 valence electrons. The van der Waals surface area contributed by atoms with E-state index in [1.807, 2.05) is 19.2 Å². The van der Waals surface area contributed by atoms with Crippen LogP contribution in [0.5, 0.6) is 0 Å². The van der Waals surface area contributed by atoms with Crippen LogP contribution < -0.4 is 5.32 Å². The van der Waals surface area contributed by atoms with Crippen LogP contribution in [-0.2, 0) is 11.3 Å². The minimum atomic E-state index is -0.0196. The number of allylic oxidation sites excluding steroid dienone is 1. The van der Waals surface area contributed by atoms with Gasteiger partial charge in [0.2, 0.25) is 5.91 Å². The second kappa shape index (κ2) is 9.35. The van der Waals surface area contributed by atoms with Gasteiger partial charge in [0.15, 0.2) is 5.65 Å². The Hall–Kier alpha value is -4.37. The molecule has 6 heterocycles. The molecule has 1 aliphatic rings. The van der Waals surface area contributed by atoms with Gasteiger partial charge in [0.25, 0.3) is 0 Å². The normalized spacial score (nSPS) is 12.9. The highest BCUT2D eigenvalue weighted by Gasteiger charge is 2.19. The van der Waals surface area contributed by atoms with Crippen LogP contribution >= 0.6 is 11.3 Å². The number of aromatic amines is 2. The topological polar surface area (TPSA) is 112 Å². The van der Waals surface area contributed by atoms with Crippen LogP contribution in [0, 0.1) is 0 Å². The van der Waals surface area contributed by atoms with Crippen molar-refractivity contribution < 1.29 is 4.79 Å². The number of fused-ring (bicyclic) bond motifs is 2. The molecule has 5 aromatic rings. The maximum atomic E-state index is 12.0. The van der Waals surface area contributed by atoms with Crippen molar-refractivity contribution in [3.8, 4) is 22.5 Å². The first-order valence-corrected chi connectivity index (χ1v) is 12.7. The molecule has 0 aromatic carbocycles. The van der Waals surface area contributed by atoms with Gasteiger partial charge in [-0.2, -0.15) is 16.4 Å². The van der Waals surface area contributed by atoms with Crippen LogP contribution in [0.3, 0.4) is 0 Å². The third-order valence-corrected chi connectivity index (χ3v) is 6.81. The summed E-state index contributed by atoms with van der Waals surface area (Å²) in [5.74, 6) is -0.0196. The molecule has 1 amide bonds. The van der Waals surface area contributed by atoms with Crippen molar-refractivity contribution in [2.45, 2.75) is 26.3 Å². The summed E-state index contributed by atoms with van der Waals surface area (Å²) in [6.07, 6.45) is 10.4. The molecule has 0 atom stereocenters. The molecule has 9 heteroatoms. The van der Waals surface area contributed by atoms with E-state index in [0.717, 1.165) is 51.2 Å². The zero-order valence-electron chi connectivity index (χ0n) is 19.6. The summed E-state index contributed by atoms with van der Waals surface area (Å²) in [6, 6.07) is 8.24. The summed E-state index contributed by atoms with van der Waals surface area (Å²) in [5.41, 5.74) is 9.36. The first-order chi connectivity index (χ1) is 17.7. The highest BCUT2D eigenvalue weighted by molar-refractivity contribution is 7.08. The minimum absolute atomic E-state index is 0.0196. The first-order valence-electron chi connectivity index (χ1n) is 11.7. The van der Waals surface area contributed by atoms with Gasteiger partial charge in [-0.15, -0.1) is 0 Å². The minimum Gasteiger partial charge on any atom is -0.355 e. The van der Waals surface area contributed by atoms with E-state index in [-0.39, 0.29) is 5.91 Å². The van der Waals surface area contributed by atoms with Crippen LogP contribution in [0.2, 0.25) is 0 Å². The van der Waals surface area contributed by atoms with Crippen molar-refractivity contribution in [3.05, 3.63) is 76.5 Å². The average molecular weight is 494 g/mol. The largest absolute Gasteiger partial charge is 0.355 e. The third kappa shape index (κ3) is 4.14. The number of carbonyl (C=O) groups is 1. The summed E-state index contributed by atoms with van der Waals surface area (Å²) in [7, 11) is 0. The number of thiophene rings is 1. The van der Waals surface area contributed by atoms with Gasteiger partial charge in [0, 0.05) is 52.8 Å². The van der Waals surface area contributed by atoms with Crippen LogP contribution in [0.1, 0.15) is 36.6 Å². The predicted molar refractivity (Wildman–Crippen MR) is 144 cm³/mol. The van der Waals surface area contributed by atoms with Crippen molar-refractivity contribution in [2.24, 2.45) is 4.99 Å². The lowest BCUT2D eigenvalue weighted by Crippen LogP contribution is -2.10. The number of nitrogens with zero attached hydrogens (tertiary/aromatic N) is 4. The van der Waals surface area contributed by atoms with Crippen molar-refractivity contribution in [2.75, 3.05) is 5.32 Å². The number of aliphatic imine (C=N–C) groups is 1. The summed E-state index contributed by atoms with van der Waals surface area (Å²) < 4.78 is 0. The molecule has 0 fully saturated rings. The standard InChI is InChI=1S/C27H23N7OS/c1-2-3-25(35)31-19-8-17(11-29-13-19)18-9-22-26(33-34-27(22)30-12-18)23-10-21-20(16-5-7-36-15-16)4-6-28-14-24(21)32-23/h4-13,15,32H,2-3,14H2,1H3,(H,31,35)(H,30,33,34). The zero-order valence-corrected chi connectivity index (χ0v) is 20.4. The fourth-order valence-corrected chi connectivity index (χ4v) is 5.06. The van der Waals surface area contributed by atoms with Gasteiger partial charge in [-0.3, -0.25) is 19.9 Å². The van der Waals surface area contributed by atoms with E-state index in [0.29, 0.717) is 24.3 Å². The lowest BCUT2D eigenvalue weighted by atomic mass is 10.00. The van der Waals surface area contributed by atoms with E-state index in [2.05, 4.69) is 70.5 Å². The van der Waals surface area contributed by atoms with Gasteiger partial charge in [-0.1, -0.05) is 6.92 Å². The second-order valence-electron chi connectivity index (χ2n) is 8.61. The summed E-state index contributed by atoms with van der Waals surface area (Å²) in [4.78, 5) is 29.0. The SMILES string of the molecule is CCCC(=O)Nc1cncc(-c2cnc3n[nH]c(-c4cc5c([nH]4)CN=CC=C5c4ccsc4)c3c2)c1. The molecule has 8 nitrogen and oxygen atoms in total. The van der Waals surface area contributed by atoms with Gasteiger partial charge in [-0.25, -0.2) is 4.98 Å². The second-order valence-corrected chi connectivity index (χ2v) is 9.39. The summed E-state index contributed by atoms with van der Waals surface area (Å²) in [6.45, 7) is 2.56. The third-order valence-electron chi connectivity index (χ3n) is 6.13. The van der Waals surface area contributed by atoms with Gasteiger partial charge in [0.05, 0.1) is 29.8 Å². The summed E-state index contributed by atoms with van der Waals surface area (Å²) in [5, 5.41) is 15.6. The van der Waals surface area contributed by atoms with Crippen LogP contribution in [0.25, 0.3) is 39.1 Å². The van der Waals surface area contributed by atoms with Crippen LogP contribution in [0.4, 0.5) is 5.69 Å². The number of aromatic nitrogens is 5. The molecule has 0 spiro atoms. The number of amides is 1.